The van der Waals surface area contributed by atoms with Crippen LogP contribution in [0.5, 0.6) is 0 Å². The Morgan fingerprint density at radius 1 is 1.11 bits per heavy atom. The van der Waals surface area contributed by atoms with Crippen molar-refractivity contribution in [1.82, 2.24) is 0 Å². The summed E-state index contributed by atoms with van der Waals surface area (Å²) in [6.45, 7) is 0.923. The minimum Gasteiger partial charge on any atom is -0.379 e. The fourth-order valence-corrected chi connectivity index (χ4v) is 2.11. The average molecular weight is 290 g/mol. The predicted octanol–water partition coefficient (Wildman–Crippen LogP) is 1.94. The lowest BCUT2D eigenvalue weighted by molar-refractivity contribution is 0.105. The first kappa shape index (κ1) is 15.5. The minimum absolute atomic E-state index is 0.0737. The van der Waals surface area contributed by atoms with Crippen LogP contribution in [0.2, 0.25) is 0 Å². The summed E-state index contributed by atoms with van der Waals surface area (Å²) >= 11 is 1.71. The third-order valence-electron chi connectivity index (χ3n) is 2.22. The first-order valence-corrected chi connectivity index (χ1v) is 8.60. The van der Waals surface area contributed by atoms with Crippen LogP contribution in [0.1, 0.15) is 5.56 Å². The van der Waals surface area contributed by atoms with E-state index in [1.165, 1.54) is 10.5 Å². The van der Waals surface area contributed by atoms with Gasteiger partial charge in [0, 0.05) is 4.90 Å². The number of benzene rings is 1. The first-order chi connectivity index (χ1) is 8.51. The molecule has 6 heteroatoms. The quantitative estimate of drug-likeness (QED) is 0.416. The lowest BCUT2D eigenvalue weighted by Crippen LogP contribution is -2.10. The molecule has 0 bridgehead atoms. The van der Waals surface area contributed by atoms with Crippen molar-refractivity contribution in [2.24, 2.45) is 0 Å². The first-order valence-electron chi connectivity index (χ1n) is 5.56. The molecule has 0 unspecified atom stereocenters. The van der Waals surface area contributed by atoms with Crippen LogP contribution in [0.3, 0.4) is 0 Å². The zero-order valence-corrected chi connectivity index (χ0v) is 12.2. The van der Waals surface area contributed by atoms with Crippen molar-refractivity contribution in [2.75, 3.05) is 32.3 Å². The maximum absolute atomic E-state index is 10.7. The number of hydrogen-bond acceptors (Lipinski definition) is 5. The van der Waals surface area contributed by atoms with E-state index in [0.717, 1.165) is 12.7 Å². The van der Waals surface area contributed by atoms with E-state index in [0.29, 0.717) is 6.61 Å². The molecule has 0 saturated heterocycles. The highest BCUT2D eigenvalue weighted by atomic mass is 32.2. The largest absolute Gasteiger partial charge is 0.379 e. The normalized spacial score (nSPS) is 11.7. The van der Waals surface area contributed by atoms with E-state index >= 15 is 0 Å². The van der Waals surface area contributed by atoms with E-state index in [2.05, 4.69) is 28.4 Å². The van der Waals surface area contributed by atoms with Crippen LogP contribution in [0.4, 0.5) is 0 Å². The van der Waals surface area contributed by atoms with Crippen molar-refractivity contribution < 1.29 is 17.3 Å². The highest BCUT2D eigenvalue weighted by Gasteiger charge is 2.00. The van der Waals surface area contributed by atoms with Gasteiger partial charge in [-0.1, -0.05) is 12.1 Å². The van der Waals surface area contributed by atoms with Gasteiger partial charge in [-0.15, -0.1) is 11.8 Å². The molecule has 0 aliphatic heterocycles. The van der Waals surface area contributed by atoms with Gasteiger partial charge in [-0.2, -0.15) is 8.42 Å². The highest BCUT2D eigenvalue weighted by Crippen LogP contribution is 2.14. The summed E-state index contributed by atoms with van der Waals surface area (Å²) in [5, 5.41) is 0. The molecule has 0 N–H and O–H groups in total. The Kier molecular flexibility index (Phi) is 6.70. The molecule has 0 aliphatic rings. The van der Waals surface area contributed by atoms with Gasteiger partial charge in [-0.25, -0.2) is 0 Å². The van der Waals surface area contributed by atoms with Gasteiger partial charge in [0.2, 0.25) is 0 Å². The van der Waals surface area contributed by atoms with Crippen LogP contribution in [0.25, 0.3) is 0 Å². The average Bonchev–Trinajstić information content (AvgIpc) is 2.33. The van der Waals surface area contributed by atoms with E-state index in [9.17, 15) is 8.42 Å². The highest BCUT2D eigenvalue weighted by molar-refractivity contribution is 7.98. The van der Waals surface area contributed by atoms with Crippen molar-refractivity contribution >= 4 is 21.9 Å². The SMILES string of the molecule is CSc1ccc(CCOCCOS(C)(=O)=O)cc1. The summed E-state index contributed by atoms with van der Waals surface area (Å²) in [5.74, 6) is 0. The standard InChI is InChI=1S/C12H18O4S2/c1-17-12-5-3-11(4-6-12)7-8-15-9-10-16-18(2,13)14/h3-6H,7-10H2,1-2H3. The molecule has 0 fully saturated rings. The van der Waals surface area contributed by atoms with Crippen molar-refractivity contribution in [3.8, 4) is 0 Å². The summed E-state index contributed by atoms with van der Waals surface area (Å²) in [5.41, 5.74) is 1.21. The molecule has 102 valence electrons. The van der Waals surface area contributed by atoms with Gasteiger partial charge in [0.15, 0.2) is 0 Å². The topological polar surface area (TPSA) is 52.6 Å². The fraction of sp³-hybridized carbons (Fsp3) is 0.500. The molecule has 1 rings (SSSR count). The second-order valence-corrected chi connectivity index (χ2v) is 6.26. The Bertz CT molecular complexity index is 440. The van der Waals surface area contributed by atoms with E-state index in [1.54, 1.807) is 11.8 Å². The van der Waals surface area contributed by atoms with Gasteiger partial charge in [0.1, 0.15) is 0 Å². The summed E-state index contributed by atoms with van der Waals surface area (Å²) in [6.07, 6.45) is 3.88. The van der Waals surface area contributed by atoms with Crippen molar-refractivity contribution in [2.45, 2.75) is 11.3 Å². The molecule has 0 atom stereocenters. The number of hydrogen-bond donors (Lipinski definition) is 0. The Labute approximate surface area is 113 Å². The van der Waals surface area contributed by atoms with Crippen LogP contribution in [0, 0.1) is 0 Å². The molecule has 0 aliphatic carbocycles. The zero-order valence-electron chi connectivity index (χ0n) is 10.6. The van der Waals surface area contributed by atoms with Crippen molar-refractivity contribution in [3.63, 3.8) is 0 Å². The Hall–Kier alpha value is -0.560. The summed E-state index contributed by atoms with van der Waals surface area (Å²) < 4.78 is 31.2. The number of thioether (sulfide) groups is 1. The molecule has 0 aromatic heterocycles. The van der Waals surface area contributed by atoms with E-state index in [-0.39, 0.29) is 13.2 Å². The molecule has 18 heavy (non-hydrogen) atoms. The Morgan fingerprint density at radius 2 is 1.78 bits per heavy atom. The van der Waals surface area contributed by atoms with Crippen LogP contribution in [-0.2, 0) is 25.5 Å². The van der Waals surface area contributed by atoms with E-state index in [1.807, 2.05) is 6.26 Å². The van der Waals surface area contributed by atoms with Crippen LogP contribution < -0.4 is 0 Å². The predicted molar refractivity (Wildman–Crippen MR) is 73.5 cm³/mol. The van der Waals surface area contributed by atoms with Crippen LogP contribution in [0.15, 0.2) is 29.2 Å². The summed E-state index contributed by atoms with van der Waals surface area (Å²) in [7, 11) is -3.35. The van der Waals surface area contributed by atoms with Gasteiger partial charge in [0.05, 0.1) is 26.1 Å². The lowest BCUT2D eigenvalue weighted by Gasteiger charge is -2.05. The lowest BCUT2D eigenvalue weighted by atomic mass is 10.2. The molecule has 1 aromatic carbocycles. The molecule has 0 radical (unpaired) electrons. The molecule has 0 heterocycles. The monoisotopic (exact) mass is 290 g/mol. The Morgan fingerprint density at radius 3 is 2.33 bits per heavy atom. The van der Waals surface area contributed by atoms with Gasteiger partial charge >= 0.3 is 0 Å². The maximum atomic E-state index is 10.7. The van der Waals surface area contributed by atoms with Crippen molar-refractivity contribution in [3.05, 3.63) is 29.8 Å². The molecular formula is C12H18O4S2. The van der Waals surface area contributed by atoms with Gasteiger partial charge in [0.25, 0.3) is 10.1 Å². The second-order valence-electron chi connectivity index (χ2n) is 3.74. The fourth-order valence-electron chi connectivity index (χ4n) is 1.33. The molecule has 1 aromatic rings. The van der Waals surface area contributed by atoms with Gasteiger partial charge < -0.3 is 4.74 Å². The Balaban J connectivity index is 2.14. The van der Waals surface area contributed by atoms with E-state index < -0.39 is 10.1 Å². The maximum Gasteiger partial charge on any atom is 0.264 e. The third-order valence-corrected chi connectivity index (χ3v) is 3.56. The number of rotatable bonds is 8. The smallest absolute Gasteiger partial charge is 0.264 e. The van der Waals surface area contributed by atoms with E-state index in [4.69, 9.17) is 4.74 Å². The molecular weight excluding hydrogens is 272 g/mol. The zero-order chi connectivity index (χ0) is 13.4. The molecule has 4 nitrogen and oxygen atoms in total. The molecule has 0 amide bonds. The van der Waals surface area contributed by atoms with Gasteiger partial charge in [-0.3, -0.25) is 4.18 Å². The third kappa shape index (κ3) is 7.00. The molecule has 0 spiro atoms. The second kappa shape index (κ2) is 7.78. The summed E-state index contributed by atoms with van der Waals surface area (Å²) in [4.78, 5) is 1.24. The van der Waals surface area contributed by atoms with Gasteiger partial charge in [-0.05, 0) is 30.4 Å². The molecule has 0 saturated carbocycles. The van der Waals surface area contributed by atoms with Crippen LogP contribution >= 0.6 is 11.8 Å². The number of ether oxygens (including phenoxy) is 1. The van der Waals surface area contributed by atoms with Crippen molar-refractivity contribution in [1.29, 1.82) is 0 Å². The minimum atomic E-state index is -3.35. The van der Waals surface area contributed by atoms with Crippen LogP contribution in [-0.4, -0.2) is 40.7 Å². The summed E-state index contributed by atoms with van der Waals surface area (Å²) in [6, 6.07) is 8.30.